The van der Waals surface area contributed by atoms with E-state index in [-0.39, 0.29) is 5.91 Å². The highest BCUT2D eigenvalue weighted by Gasteiger charge is 1.99. The Hall–Kier alpha value is -0.610. The lowest BCUT2D eigenvalue weighted by Gasteiger charge is -1.99. The van der Waals surface area contributed by atoms with Crippen molar-refractivity contribution in [1.29, 1.82) is 0 Å². The Kier molecular flexibility index (Phi) is 4.35. The summed E-state index contributed by atoms with van der Waals surface area (Å²) in [5.41, 5.74) is 2.13. The second-order valence-corrected chi connectivity index (χ2v) is 5.49. The van der Waals surface area contributed by atoms with Gasteiger partial charge >= 0.3 is 0 Å². The molecule has 1 N–H and O–H groups in total. The molecule has 76 valence electrons. The zero-order valence-corrected chi connectivity index (χ0v) is 10.5. The van der Waals surface area contributed by atoms with Gasteiger partial charge in [-0.2, -0.15) is 0 Å². The number of amides is 1. The predicted octanol–water partition coefficient (Wildman–Crippen LogP) is 3.09. The van der Waals surface area contributed by atoms with Crippen molar-refractivity contribution in [2.45, 2.75) is 20.4 Å². The number of nitrogens with one attached hydrogen (secondary N) is 1. The molecule has 0 saturated carbocycles. The molecule has 1 aromatic heterocycles. The molecule has 0 atom stereocenters. The Morgan fingerprint density at radius 3 is 2.86 bits per heavy atom. The molecule has 2 nitrogen and oxygen atoms in total. The summed E-state index contributed by atoms with van der Waals surface area (Å²) in [6, 6.07) is 2.01. The number of hydrogen-bond donors (Lipinski definition) is 1. The van der Waals surface area contributed by atoms with Crippen LogP contribution in [-0.4, -0.2) is 5.91 Å². The molecular weight excluding hydrogens is 262 g/mol. The molecule has 0 spiro atoms. The lowest BCUT2D eigenvalue weighted by Crippen LogP contribution is -2.20. The van der Waals surface area contributed by atoms with Gasteiger partial charge in [-0.05, 0) is 46.8 Å². The maximum absolute atomic E-state index is 11.2. The standard InChI is InChI=1S/C10H12BrNOS/c1-7(2)3-10(13)12-5-8-4-9(11)14-6-8/h3-4,6H,5H2,1-2H3,(H,12,13). The van der Waals surface area contributed by atoms with Crippen molar-refractivity contribution in [2.24, 2.45) is 0 Å². The maximum atomic E-state index is 11.2. The predicted molar refractivity (Wildman–Crippen MR) is 63.3 cm³/mol. The van der Waals surface area contributed by atoms with Crippen LogP contribution in [0.5, 0.6) is 0 Å². The van der Waals surface area contributed by atoms with Crippen LogP contribution in [0, 0.1) is 0 Å². The number of thiophene rings is 1. The summed E-state index contributed by atoms with van der Waals surface area (Å²) in [6.07, 6.45) is 1.60. The fourth-order valence-electron chi connectivity index (χ4n) is 0.941. The number of allylic oxidation sites excluding steroid dienone is 1. The van der Waals surface area contributed by atoms with Crippen molar-refractivity contribution in [3.63, 3.8) is 0 Å². The van der Waals surface area contributed by atoms with Crippen molar-refractivity contribution in [2.75, 3.05) is 0 Å². The van der Waals surface area contributed by atoms with Crippen molar-refractivity contribution >= 4 is 33.2 Å². The molecule has 0 unspecified atom stereocenters. The summed E-state index contributed by atoms with van der Waals surface area (Å²) >= 11 is 4.99. The van der Waals surface area contributed by atoms with Gasteiger partial charge in [-0.3, -0.25) is 4.79 Å². The topological polar surface area (TPSA) is 29.1 Å². The summed E-state index contributed by atoms with van der Waals surface area (Å²) in [6.45, 7) is 4.40. The van der Waals surface area contributed by atoms with E-state index in [0.29, 0.717) is 6.54 Å². The largest absolute Gasteiger partial charge is 0.348 e. The van der Waals surface area contributed by atoms with Crippen LogP contribution >= 0.6 is 27.3 Å². The third-order valence-electron chi connectivity index (χ3n) is 1.51. The molecule has 0 fully saturated rings. The SMILES string of the molecule is CC(C)=CC(=O)NCc1csc(Br)c1. The van der Waals surface area contributed by atoms with Gasteiger partial charge in [0.2, 0.25) is 5.91 Å². The highest BCUT2D eigenvalue weighted by molar-refractivity contribution is 9.11. The van der Waals surface area contributed by atoms with Crippen LogP contribution in [0.4, 0.5) is 0 Å². The molecular formula is C10H12BrNOS. The monoisotopic (exact) mass is 273 g/mol. The third-order valence-corrected chi connectivity index (χ3v) is 3.06. The normalized spacial score (nSPS) is 9.64. The molecule has 14 heavy (non-hydrogen) atoms. The summed E-state index contributed by atoms with van der Waals surface area (Å²) in [5.74, 6) is -0.0349. The first kappa shape index (κ1) is 11.5. The molecule has 1 heterocycles. The van der Waals surface area contributed by atoms with Gasteiger partial charge in [0.1, 0.15) is 0 Å². The molecule has 0 bridgehead atoms. The lowest BCUT2D eigenvalue weighted by molar-refractivity contribution is -0.116. The van der Waals surface area contributed by atoms with Crippen LogP contribution in [0.3, 0.4) is 0 Å². The Morgan fingerprint density at radius 1 is 1.64 bits per heavy atom. The Labute approximate surface area is 96.2 Å². The van der Waals surface area contributed by atoms with Gasteiger partial charge in [-0.1, -0.05) is 5.57 Å². The zero-order valence-electron chi connectivity index (χ0n) is 8.13. The number of rotatable bonds is 3. The van der Waals surface area contributed by atoms with E-state index >= 15 is 0 Å². The van der Waals surface area contributed by atoms with E-state index in [2.05, 4.69) is 21.2 Å². The molecule has 0 saturated heterocycles. The van der Waals surface area contributed by atoms with E-state index in [1.807, 2.05) is 25.3 Å². The van der Waals surface area contributed by atoms with Gasteiger partial charge in [-0.15, -0.1) is 11.3 Å². The molecule has 1 rings (SSSR count). The van der Waals surface area contributed by atoms with Crippen molar-refractivity contribution in [3.8, 4) is 0 Å². The molecule has 0 aliphatic rings. The fourth-order valence-corrected chi connectivity index (χ4v) is 2.15. The van der Waals surface area contributed by atoms with Crippen molar-refractivity contribution in [3.05, 3.63) is 32.4 Å². The average molecular weight is 274 g/mol. The summed E-state index contributed by atoms with van der Waals surface area (Å²) in [7, 11) is 0. The highest BCUT2D eigenvalue weighted by Crippen LogP contribution is 2.20. The number of carbonyl (C=O) groups is 1. The van der Waals surface area contributed by atoms with E-state index in [4.69, 9.17) is 0 Å². The number of carbonyl (C=O) groups excluding carboxylic acids is 1. The molecule has 0 aliphatic carbocycles. The van der Waals surface area contributed by atoms with Crippen molar-refractivity contribution < 1.29 is 4.79 Å². The number of halogens is 1. The van der Waals surface area contributed by atoms with Gasteiger partial charge in [0.25, 0.3) is 0 Å². The number of hydrogen-bond acceptors (Lipinski definition) is 2. The van der Waals surface area contributed by atoms with E-state index in [1.54, 1.807) is 17.4 Å². The van der Waals surface area contributed by atoms with Crippen LogP contribution in [0.25, 0.3) is 0 Å². The minimum atomic E-state index is -0.0349. The molecule has 0 aliphatic heterocycles. The van der Waals surface area contributed by atoms with Crippen LogP contribution < -0.4 is 5.32 Å². The maximum Gasteiger partial charge on any atom is 0.244 e. The van der Waals surface area contributed by atoms with E-state index in [0.717, 1.165) is 14.9 Å². The quantitative estimate of drug-likeness (QED) is 0.843. The minimum absolute atomic E-state index is 0.0349. The fraction of sp³-hybridized carbons (Fsp3) is 0.300. The van der Waals surface area contributed by atoms with Gasteiger partial charge in [0, 0.05) is 12.6 Å². The van der Waals surface area contributed by atoms with Gasteiger partial charge < -0.3 is 5.32 Å². The minimum Gasteiger partial charge on any atom is -0.348 e. The third kappa shape index (κ3) is 4.07. The summed E-state index contributed by atoms with van der Waals surface area (Å²) in [4.78, 5) is 11.2. The Morgan fingerprint density at radius 2 is 2.36 bits per heavy atom. The Bertz CT molecular complexity index is 353. The molecule has 0 aromatic carbocycles. The van der Waals surface area contributed by atoms with E-state index < -0.39 is 0 Å². The van der Waals surface area contributed by atoms with Gasteiger partial charge in [0.05, 0.1) is 3.79 Å². The Balaban J connectivity index is 2.41. The average Bonchev–Trinajstić information content (AvgIpc) is 2.47. The van der Waals surface area contributed by atoms with Crippen LogP contribution in [0.1, 0.15) is 19.4 Å². The highest BCUT2D eigenvalue weighted by atomic mass is 79.9. The van der Waals surface area contributed by atoms with Crippen molar-refractivity contribution in [1.82, 2.24) is 5.32 Å². The van der Waals surface area contributed by atoms with E-state index in [9.17, 15) is 4.79 Å². The first-order valence-electron chi connectivity index (χ1n) is 4.23. The smallest absolute Gasteiger partial charge is 0.244 e. The first-order valence-corrected chi connectivity index (χ1v) is 5.91. The van der Waals surface area contributed by atoms with E-state index in [1.165, 1.54) is 0 Å². The zero-order chi connectivity index (χ0) is 10.6. The van der Waals surface area contributed by atoms with Crippen LogP contribution in [0.15, 0.2) is 26.9 Å². The van der Waals surface area contributed by atoms with Gasteiger partial charge in [0.15, 0.2) is 0 Å². The lowest BCUT2D eigenvalue weighted by atomic mass is 10.3. The molecule has 4 heteroatoms. The van der Waals surface area contributed by atoms with Crippen LogP contribution in [-0.2, 0) is 11.3 Å². The molecule has 0 radical (unpaired) electrons. The molecule has 1 aromatic rings. The second-order valence-electron chi connectivity index (χ2n) is 3.20. The summed E-state index contributed by atoms with van der Waals surface area (Å²) in [5, 5.41) is 4.83. The summed E-state index contributed by atoms with van der Waals surface area (Å²) < 4.78 is 1.09. The molecule has 1 amide bonds. The first-order chi connectivity index (χ1) is 6.58. The van der Waals surface area contributed by atoms with Crippen LogP contribution in [0.2, 0.25) is 0 Å². The van der Waals surface area contributed by atoms with Gasteiger partial charge in [-0.25, -0.2) is 0 Å². The second kappa shape index (κ2) is 5.32.